The fourth-order valence-corrected chi connectivity index (χ4v) is 3.45. The molecule has 8 nitrogen and oxygen atoms in total. The van der Waals surface area contributed by atoms with Crippen LogP contribution < -0.4 is 29.9 Å². The molecule has 0 saturated carbocycles. The third-order valence-electron chi connectivity index (χ3n) is 5.06. The number of nitrogens with one attached hydrogen (secondary N) is 3. The summed E-state index contributed by atoms with van der Waals surface area (Å²) in [6.45, 7) is 9.36. The van der Waals surface area contributed by atoms with Gasteiger partial charge in [-0.05, 0) is 26.0 Å². The van der Waals surface area contributed by atoms with Gasteiger partial charge in [0.15, 0.2) is 11.5 Å². The molecule has 148 valence electrons. The number of benzene rings is 1. The molecule has 2 aliphatic heterocycles. The first-order valence-corrected chi connectivity index (χ1v) is 9.68. The highest BCUT2D eigenvalue weighted by molar-refractivity contribution is 5.97. The smallest absolute Gasteiger partial charge is 0.315 e. The van der Waals surface area contributed by atoms with Crippen LogP contribution in [0, 0.1) is 0 Å². The van der Waals surface area contributed by atoms with E-state index in [1.54, 1.807) is 4.90 Å². The van der Waals surface area contributed by atoms with E-state index < -0.39 is 0 Å². The van der Waals surface area contributed by atoms with E-state index in [9.17, 15) is 9.59 Å². The first-order chi connectivity index (χ1) is 13.1. The van der Waals surface area contributed by atoms with Gasteiger partial charge in [0, 0.05) is 24.7 Å². The van der Waals surface area contributed by atoms with Crippen molar-refractivity contribution in [2.45, 2.75) is 26.3 Å². The van der Waals surface area contributed by atoms with Gasteiger partial charge in [-0.1, -0.05) is 0 Å². The molecule has 27 heavy (non-hydrogen) atoms. The number of ether oxygens (including phenoxy) is 2. The van der Waals surface area contributed by atoms with Gasteiger partial charge in [0.1, 0.15) is 13.2 Å². The quantitative estimate of drug-likeness (QED) is 0.614. The van der Waals surface area contributed by atoms with Crippen molar-refractivity contribution in [1.29, 1.82) is 0 Å². The van der Waals surface area contributed by atoms with E-state index in [1.165, 1.54) is 4.90 Å². The maximum atomic E-state index is 12.4. The van der Waals surface area contributed by atoms with Gasteiger partial charge in [0.25, 0.3) is 0 Å². The SMILES string of the molecule is CC[NH+](CC)CCNC(=O)N[C@@H]1CC(=O)N(c2ccc3c(c2)OCCO3)C1. The van der Waals surface area contributed by atoms with Crippen molar-refractivity contribution in [3.05, 3.63) is 18.2 Å². The van der Waals surface area contributed by atoms with Crippen molar-refractivity contribution in [2.75, 3.05) is 50.8 Å². The van der Waals surface area contributed by atoms with Crippen LogP contribution in [-0.2, 0) is 4.79 Å². The highest BCUT2D eigenvalue weighted by Gasteiger charge is 2.32. The summed E-state index contributed by atoms with van der Waals surface area (Å²) < 4.78 is 11.1. The highest BCUT2D eigenvalue weighted by Crippen LogP contribution is 2.35. The Balaban J connectivity index is 1.51. The zero-order valence-corrected chi connectivity index (χ0v) is 16.0. The van der Waals surface area contributed by atoms with Gasteiger partial charge in [-0.25, -0.2) is 4.79 Å². The number of quaternary nitrogens is 1. The van der Waals surface area contributed by atoms with Crippen LogP contribution in [0.15, 0.2) is 18.2 Å². The molecule has 3 rings (SSSR count). The maximum absolute atomic E-state index is 12.4. The van der Waals surface area contributed by atoms with Crippen LogP contribution in [0.25, 0.3) is 0 Å². The largest absolute Gasteiger partial charge is 0.486 e. The van der Waals surface area contributed by atoms with E-state index in [0.717, 1.165) is 25.3 Å². The molecule has 2 aliphatic rings. The molecule has 1 aromatic carbocycles. The Morgan fingerprint density at radius 2 is 1.96 bits per heavy atom. The number of urea groups is 1. The zero-order chi connectivity index (χ0) is 19.2. The van der Waals surface area contributed by atoms with E-state index in [-0.39, 0.29) is 18.0 Å². The number of nitrogens with zero attached hydrogens (tertiary/aromatic N) is 1. The number of amides is 3. The molecule has 0 aliphatic carbocycles. The second-order valence-corrected chi connectivity index (χ2v) is 6.84. The van der Waals surface area contributed by atoms with E-state index in [0.29, 0.717) is 44.2 Å². The average molecular weight is 377 g/mol. The predicted molar refractivity (Wildman–Crippen MR) is 102 cm³/mol. The van der Waals surface area contributed by atoms with Gasteiger partial charge in [-0.3, -0.25) is 4.79 Å². The Morgan fingerprint density at radius 3 is 2.70 bits per heavy atom. The number of carbonyl (C=O) groups excluding carboxylic acids is 2. The summed E-state index contributed by atoms with van der Waals surface area (Å²) in [6.07, 6.45) is 0.295. The van der Waals surface area contributed by atoms with Crippen LogP contribution in [0.2, 0.25) is 0 Å². The molecule has 0 aromatic heterocycles. The first kappa shape index (κ1) is 19.3. The van der Waals surface area contributed by atoms with Crippen molar-refractivity contribution in [3.63, 3.8) is 0 Å². The number of rotatable bonds is 7. The molecule has 0 radical (unpaired) electrons. The summed E-state index contributed by atoms with van der Waals surface area (Å²) in [4.78, 5) is 27.6. The minimum atomic E-state index is -0.219. The monoisotopic (exact) mass is 377 g/mol. The van der Waals surface area contributed by atoms with Crippen LogP contribution in [0.4, 0.5) is 10.5 Å². The Labute approximate surface area is 159 Å². The van der Waals surface area contributed by atoms with Crippen LogP contribution in [0.5, 0.6) is 11.5 Å². The van der Waals surface area contributed by atoms with Crippen molar-refractivity contribution in [3.8, 4) is 11.5 Å². The van der Waals surface area contributed by atoms with E-state index >= 15 is 0 Å². The third kappa shape index (κ3) is 4.82. The summed E-state index contributed by atoms with van der Waals surface area (Å²) in [5.74, 6) is 1.34. The minimum absolute atomic E-state index is 0.00966. The second-order valence-electron chi connectivity index (χ2n) is 6.84. The summed E-state index contributed by atoms with van der Waals surface area (Å²) in [5.41, 5.74) is 0.763. The van der Waals surface area contributed by atoms with Crippen molar-refractivity contribution < 1.29 is 24.0 Å². The fourth-order valence-electron chi connectivity index (χ4n) is 3.45. The third-order valence-corrected chi connectivity index (χ3v) is 5.06. The minimum Gasteiger partial charge on any atom is -0.486 e. The van der Waals surface area contributed by atoms with Crippen LogP contribution in [0.3, 0.4) is 0 Å². The summed E-state index contributed by atoms with van der Waals surface area (Å²) in [5, 5.41) is 5.79. The summed E-state index contributed by atoms with van der Waals surface area (Å²) in [7, 11) is 0. The Morgan fingerprint density at radius 1 is 1.22 bits per heavy atom. The number of likely N-dealkylation sites (N-methyl/N-ethyl adjacent to an activating group) is 1. The topological polar surface area (TPSA) is 84.3 Å². The molecule has 1 atom stereocenters. The van der Waals surface area contributed by atoms with E-state index in [4.69, 9.17) is 9.47 Å². The van der Waals surface area contributed by atoms with Crippen LogP contribution in [-0.4, -0.2) is 63.9 Å². The standard InChI is InChI=1S/C19H28N4O4/c1-3-22(4-2)8-7-20-19(25)21-14-11-18(24)23(13-14)15-5-6-16-17(12-15)27-10-9-26-16/h5-6,12,14H,3-4,7-11,13H2,1-2H3,(H2,20,21,25)/p+1/t14-/m1/s1. The highest BCUT2D eigenvalue weighted by atomic mass is 16.6. The van der Waals surface area contributed by atoms with Gasteiger partial charge in [-0.2, -0.15) is 0 Å². The summed E-state index contributed by atoms with van der Waals surface area (Å²) >= 11 is 0. The molecule has 1 fully saturated rings. The molecular weight excluding hydrogens is 348 g/mol. The fraction of sp³-hybridized carbons (Fsp3) is 0.579. The Bertz CT molecular complexity index is 678. The molecule has 3 amide bonds. The van der Waals surface area contributed by atoms with Crippen molar-refractivity contribution in [1.82, 2.24) is 10.6 Å². The van der Waals surface area contributed by atoms with Crippen molar-refractivity contribution >= 4 is 17.6 Å². The van der Waals surface area contributed by atoms with E-state index in [2.05, 4.69) is 24.5 Å². The van der Waals surface area contributed by atoms with Gasteiger partial charge in [0.05, 0.1) is 32.2 Å². The number of fused-ring (bicyclic) bond motifs is 1. The van der Waals surface area contributed by atoms with Gasteiger partial charge >= 0.3 is 6.03 Å². The van der Waals surface area contributed by atoms with Gasteiger partial charge in [-0.15, -0.1) is 0 Å². The summed E-state index contributed by atoms with van der Waals surface area (Å²) in [6, 6.07) is 5.07. The predicted octanol–water partition coefficient (Wildman–Crippen LogP) is -0.213. The molecule has 0 bridgehead atoms. The Hall–Kier alpha value is -2.48. The van der Waals surface area contributed by atoms with E-state index in [1.807, 2.05) is 18.2 Å². The average Bonchev–Trinajstić information content (AvgIpc) is 3.04. The zero-order valence-electron chi connectivity index (χ0n) is 16.0. The van der Waals surface area contributed by atoms with Gasteiger partial charge < -0.3 is 29.9 Å². The second kappa shape index (κ2) is 8.94. The Kier molecular flexibility index (Phi) is 6.39. The molecule has 8 heteroatoms. The van der Waals surface area contributed by atoms with Crippen molar-refractivity contribution in [2.24, 2.45) is 0 Å². The molecule has 1 saturated heterocycles. The molecule has 0 spiro atoms. The lowest BCUT2D eigenvalue weighted by molar-refractivity contribution is -0.895. The number of hydrogen-bond acceptors (Lipinski definition) is 4. The molecule has 0 unspecified atom stereocenters. The van der Waals surface area contributed by atoms with Crippen LogP contribution >= 0.6 is 0 Å². The number of carbonyl (C=O) groups is 2. The lowest BCUT2D eigenvalue weighted by atomic mass is 10.2. The first-order valence-electron chi connectivity index (χ1n) is 9.68. The maximum Gasteiger partial charge on any atom is 0.315 e. The molecule has 2 heterocycles. The molecular formula is C19H29N4O4+. The number of hydrogen-bond donors (Lipinski definition) is 3. The normalized spacial score (nSPS) is 18.7. The van der Waals surface area contributed by atoms with Crippen LogP contribution in [0.1, 0.15) is 20.3 Å². The van der Waals surface area contributed by atoms with Gasteiger partial charge in [0.2, 0.25) is 5.91 Å². The lowest BCUT2D eigenvalue weighted by Gasteiger charge is -2.22. The molecule has 3 N–H and O–H groups in total. The lowest BCUT2D eigenvalue weighted by Crippen LogP contribution is -3.12. The number of anilines is 1. The molecule has 1 aromatic rings.